The molecule has 178 valence electrons. The van der Waals surface area contributed by atoms with Crippen molar-refractivity contribution in [2.45, 2.75) is 56.7 Å². The van der Waals surface area contributed by atoms with Gasteiger partial charge in [0.15, 0.2) is 0 Å². The molecule has 1 amide bonds. The number of aliphatic hydroxyl groups excluding tert-OH is 1. The molecule has 1 aliphatic heterocycles. The van der Waals surface area contributed by atoms with Gasteiger partial charge in [-0.25, -0.2) is 9.07 Å². The molecule has 3 aromatic rings. The van der Waals surface area contributed by atoms with E-state index in [4.69, 9.17) is 11.6 Å². The highest BCUT2D eigenvalue weighted by Gasteiger charge is 2.41. The zero-order chi connectivity index (χ0) is 23.7. The zero-order valence-electron chi connectivity index (χ0n) is 18.9. The number of piperidine rings is 1. The number of hydrogen-bond donors (Lipinski definition) is 1. The quantitative estimate of drug-likeness (QED) is 0.555. The SMILES string of the molecule is O=C(C1CCCCC1)N1C[C@H](O)[C@H](n2cc(-c3ccc(F)cc3)nn2)C[C@@H]1c1ccc(Cl)cc1. The third-order valence-corrected chi connectivity index (χ3v) is 7.40. The molecule has 2 fully saturated rings. The maximum atomic E-state index is 13.5. The van der Waals surface area contributed by atoms with Crippen LogP contribution in [0.3, 0.4) is 0 Å². The van der Waals surface area contributed by atoms with Gasteiger partial charge >= 0.3 is 0 Å². The van der Waals surface area contributed by atoms with Crippen LogP contribution in [-0.4, -0.2) is 43.6 Å². The summed E-state index contributed by atoms with van der Waals surface area (Å²) in [7, 11) is 0. The Bertz CT molecular complexity index is 1130. The second-order valence-electron chi connectivity index (χ2n) is 9.35. The van der Waals surface area contributed by atoms with Crippen molar-refractivity contribution in [2.75, 3.05) is 6.54 Å². The van der Waals surface area contributed by atoms with Crippen LogP contribution in [0.25, 0.3) is 11.3 Å². The van der Waals surface area contributed by atoms with Gasteiger partial charge in [-0.3, -0.25) is 4.79 Å². The first-order chi connectivity index (χ1) is 16.5. The number of likely N-dealkylation sites (tertiary alicyclic amines) is 1. The van der Waals surface area contributed by atoms with Gasteiger partial charge < -0.3 is 10.0 Å². The van der Waals surface area contributed by atoms with E-state index < -0.39 is 6.10 Å². The Morgan fingerprint density at radius 1 is 1.03 bits per heavy atom. The standard InChI is InChI=1S/C26H28ClFN4O2/c27-20-10-6-18(7-11-20)23-14-24(25(33)16-31(23)26(34)19-4-2-1-3-5-19)32-15-22(29-30-32)17-8-12-21(28)13-9-17/h6-13,15,19,23-25,33H,1-5,14,16H2/t23-,24-,25+/m1/s1. The molecule has 8 heteroatoms. The second-order valence-corrected chi connectivity index (χ2v) is 9.79. The number of benzene rings is 2. The number of rotatable bonds is 4. The average molecular weight is 483 g/mol. The highest BCUT2D eigenvalue weighted by atomic mass is 35.5. The molecule has 6 nitrogen and oxygen atoms in total. The van der Waals surface area contributed by atoms with Gasteiger partial charge in [0.25, 0.3) is 0 Å². The summed E-state index contributed by atoms with van der Waals surface area (Å²) in [5.74, 6) is -0.168. The number of nitrogens with zero attached hydrogens (tertiary/aromatic N) is 4. The molecule has 1 N–H and O–H groups in total. The van der Waals surface area contributed by atoms with Crippen molar-refractivity contribution in [1.82, 2.24) is 19.9 Å². The van der Waals surface area contributed by atoms with Gasteiger partial charge in [0.2, 0.25) is 5.91 Å². The summed E-state index contributed by atoms with van der Waals surface area (Å²) in [6.07, 6.45) is 6.65. The lowest BCUT2D eigenvalue weighted by Crippen LogP contribution is -2.51. The van der Waals surface area contributed by atoms with Crippen molar-refractivity contribution in [3.8, 4) is 11.3 Å². The Morgan fingerprint density at radius 3 is 2.44 bits per heavy atom. The number of carbonyl (C=O) groups excluding carboxylic acids is 1. The fourth-order valence-electron chi connectivity index (χ4n) is 5.27. The van der Waals surface area contributed by atoms with Crippen LogP contribution in [0.5, 0.6) is 0 Å². The van der Waals surface area contributed by atoms with Gasteiger partial charge in [-0.1, -0.05) is 48.2 Å². The number of β-amino-alcohol motifs (C(OH)–C–C–N with tert-alkyl or cyclic N) is 1. The Labute approximate surface area is 203 Å². The van der Waals surface area contributed by atoms with Crippen LogP contribution in [0.4, 0.5) is 4.39 Å². The number of halogens is 2. The maximum Gasteiger partial charge on any atom is 0.226 e. The van der Waals surface area contributed by atoms with Crippen LogP contribution in [0.1, 0.15) is 56.2 Å². The molecule has 0 spiro atoms. The smallest absolute Gasteiger partial charge is 0.226 e. The molecule has 5 rings (SSSR count). The van der Waals surface area contributed by atoms with E-state index in [0.29, 0.717) is 17.1 Å². The largest absolute Gasteiger partial charge is 0.389 e. The van der Waals surface area contributed by atoms with Crippen LogP contribution >= 0.6 is 11.6 Å². The fourth-order valence-corrected chi connectivity index (χ4v) is 5.39. The summed E-state index contributed by atoms with van der Waals surface area (Å²) in [6, 6.07) is 13.1. The van der Waals surface area contributed by atoms with Crippen molar-refractivity contribution >= 4 is 17.5 Å². The first-order valence-corrected chi connectivity index (χ1v) is 12.3. The fraction of sp³-hybridized carbons (Fsp3) is 0.423. The Morgan fingerprint density at radius 2 is 1.74 bits per heavy atom. The molecule has 34 heavy (non-hydrogen) atoms. The summed E-state index contributed by atoms with van der Waals surface area (Å²) in [6.45, 7) is 0.235. The lowest BCUT2D eigenvalue weighted by molar-refractivity contribution is -0.145. The summed E-state index contributed by atoms with van der Waals surface area (Å²) < 4.78 is 15.0. The van der Waals surface area contributed by atoms with E-state index in [2.05, 4.69) is 10.3 Å². The van der Waals surface area contributed by atoms with Crippen molar-refractivity contribution in [3.63, 3.8) is 0 Å². The number of aliphatic hydroxyl groups is 1. The summed E-state index contributed by atoms with van der Waals surface area (Å²) in [5, 5.41) is 20.3. The van der Waals surface area contributed by atoms with E-state index in [1.807, 2.05) is 29.2 Å². The van der Waals surface area contributed by atoms with Crippen LogP contribution in [0.2, 0.25) is 5.02 Å². The molecular formula is C26H28ClFN4O2. The minimum absolute atomic E-state index is 0.0174. The molecule has 2 heterocycles. The predicted octanol–water partition coefficient (Wildman–Crippen LogP) is 5.19. The summed E-state index contributed by atoms with van der Waals surface area (Å²) in [4.78, 5) is 15.4. The molecular weight excluding hydrogens is 455 g/mol. The van der Waals surface area contributed by atoms with Crippen LogP contribution in [-0.2, 0) is 4.79 Å². The van der Waals surface area contributed by atoms with E-state index in [-0.39, 0.29) is 36.3 Å². The highest BCUT2D eigenvalue weighted by Crippen LogP contribution is 2.39. The molecule has 0 bridgehead atoms. The van der Waals surface area contributed by atoms with Gasteiger partial charge in [0.1, 0.15) is 11.5 Å². The maximum absolute atomic E-state index is 13.5. The van der Waals surface area contributed by atoms with E-state index in [0.717, 1.165) is 36.8 Å². The van der Waals surface area contributed by atoms with Gasteiger partial charge in [-0.2, -0.15) is 0 Å². The predicted molar refractivity (Wildman–Crippen MR) is 128 cm³/mol. The topological polar surface area (TPSA) is 71.2 Å². The minimum atomic E-state index is -0.779. The third-order valence-electron chi connectivity index (χ3n) is 7.15. The Kier molecular flexibility index (Phi) is 6.66. The number of hydrogen-bond acceptors (Lipinski definition) is 4. The summed E-state index contributed by atoms with van der Waals surface area (Å²) in [5.41, 5.74) is 2.35. The molecule has 1 aliphatic carbocycles. The third kappa shape index (κ3) is 4.72. The molecule has 1 saturated carbocycles. The minimum Gasteiger partial charge on any atom is -0.389 e. The van der Waals surface area contributed by atoms with Crippen molar-refractivity contribution in [3.05, 3.63) is 71.1 Å². The molecule has 0 unspecified atom stereocenters. The van der Waals surface area contributed by atoms with Gasteiger partial charge in [0.05, 0.1) is 24.4 Å². The molecule has 3 atom stereocenters. The van der Waals surface area contributed by atoms with Gasteiger partial charge in [-0.05, 0) is 61.2 Å². The number of carbonyl (C=O) groups is 1. The van der Waals surface area contributed by atoms with Crippen LogP contribution in [0, 0.1) is 11.7 Å². The lowest BCUT2D eigenvalue weighted by Gasteiger charge is -2.44. The van der Waals surface area contributed by atoms with Crippen molar-refractivity contribution in [1.29, 1.82) is 0 Å². The van der Waals surface area contributed by atoms with E-state index in [1.54, 1.807) is 23.0 Å². The summed E-state index contributed by atoms with van der Waals surface area (Å²) >= 11 is 6.12. The van der Waals surface area contributed by atoms with Gasteiger partial charge in [-0.15, -0.1) is 5.10 Å². The normalized spacial score (nSPS) is 23.7. The molecule has 1 aromatic heterocycles. The highest BCUT2D eigenvalue weighted by molar-refractivity contribution is 6.30. The number of amides is 1. The van der Waals surface area contributed by atoms with Crippen molar-refractivity contribution < 1.29 is 14.3 Å². The lowest BCUT2D eigenvalue weighted by atomic mass is 9.85. The van der Waals surface area contributed by atoms with E-state index in [9.17, 15) is 14.3 Å². The Balaban J connectivity index is 1.43. The van der Waals surface area contributed by atoms with Gasteiger partial charge in [0, 0.05) is 23.0 Å². The molecule has 2 aromatic carbocycles. The van der Waals surface area contributed by atoms with Crippen LogP contribution in [0.15, 0.2) is 54.7 Å². The van der Waals surface area contributed by atoms with E-state index >= 15 is 0 Å². The molecule has 0 radical (unpaired) electrons. The Hall–Kier alpha value is -2.77. The first kappa shape index (κ1) is 23.0. The number of aromatic nitrogens is 3. The zero-order valence-corrected chi connectivity index (χ0v) is 19.6. The first-order valence-electron chi connectivity index (χ1n) is 11.9. The molecule has 2 aliphatic rings. The average Bonchev–Trinajstić information content (AvgIpc) is 3.35. The monoisotopic (exact) mass is 482 g/mol. The van der Waals surface area contributed by atoms with E-state index in [1.165, 1.54) is 18.6 Å². The second kappa shape index (κ2) is 9.84. The molecule has 1 saturated heterocycles. The van der Waals surface area contributed by atoms with Crippen LogP contribution < -0.4 is 0 Å². The van der Waals surface area contributed by atoms with Crippen molar-refractivity contribution in [2.24, 2.45) is 5.92 Å².